The molecule has 0 radical (unpaired) electrons. The molecule has 0 spiro atoms. The van der Waals surface area contributed by atoms with Crippen molar-refractivity contribution >= 4 is 16.8 Å². The van der Waals surface area contributed by atoms with Crippen LogP contribution in [0.3, 0.4) is 0 Å². The van der Waals surface area contributed by atoms with E-state index in [0.29, 0.717) is 17.3 Å². The van der Waals surface area contributed by atoms with E-state index in [1.54, 1.807) is 30.7 Å². The van der Waals surface area contributed by atoms with Crippen LogP contribution in [0.25, 0.3) is 16.6 Å². The Morgan fingerprint density at radius 2 is 1.97 bits per heavy atom. The Bertz CT molecular complexity index is 1500. The van der Waals surface area contributed by atoms with Crippen LogP contribution < -0.4 is 5.56 Å². The van der Waals surface area contributed by atoms with E-state index >= 15 is 0 Å². The number of alkyl halides is 3. The number of fused-ring (bicyclic) bond motifs is 2. The van der Waals surface area contributed by atoms with Gasteiger partial charge in [0.25, 0.3) is 11.5 Å². The van der Waals surface area contributed by atoms with E-state index in [2.05, 4.69) is 9.97 Å². The fourth-order valence-corrected chi connectivity index (χ4v) is 4.34. The summed E-state index contributed by atoms with van der Waals surface area (Å²) in [6.07, 6.45) is -0.0797. The Kier molecular flexibility index (Phi) is 4.88. The van der Waals surface area contributed by atoms with E-state index < -0.39 is 29.5 Å². The van der Waals surface area contributed by atoms with E-state index in [0.717, 1.165) is 11.8 Å². The second kappa shape index (κ2) is 7.57. The summed E-state index contributed by atoms with van der Waals surface area (Å²) in [5, 5.41) is 0.0566. The van der Waals surface area contributed by atoms with Crippen molar-refractivity contribution in [1.82, 2.24) is 24.0 Å². The Hall–Kier alpha value is -3.89. The summed E-state index contributed by atoms with van der Waals surface area (Å²) >= 11 is 0. The first-order valence-corrected chi connectivity index (χ1v) is 10.5. The zero-order chi connectivity index (χ0) is 24.4. The largest absolute Gasteiger partial charge is 0.416 e. The summed E-state index contributed by atoms with van der Waals surface area (Å²) in [7, 11) is 0. The van der Waals surface area contributed by atoms with Gasteiger partial charge in [0, 0.05) is 36.9 Å². The number of hydrogen-bond acceptors (Lipinski definition) is 3. The zero-order valence-corrected chi connectivity index (χ0v) is 18.2. The van der Waals surface area contributed by atoms with Gasteiger partial charge >= 0.3 is 6.18 Å². The molecule has 3 aromatic heterocycles. The highest BCUT2D eigenvalue weighted by molar-refractivity contribution is 5.94. The van der Waals surface area contributed by atoms with Crippen molar-refractivity contribution in [1.29, 1.82) is 0 Å². The van der Waals surface area contributed by atoms with Crippen molar-refractivity contribution in [3.05, 3.63) is 81.7 Å². The van der Waals surface area contributed by atoms with E-state index in [4.69, 9.17) is 0 Å². The van der Waals surface area contributed by atoms with Crippen LogP contribution in [0.2, 0.25) is 0 Å². The van der Waals surface area contributed by atoms with Crippen LogP contribution in [0.5, 0.6) is 0 Å². The molecular formula is C23H19F4N5O2. The van der Waals surface area contributed by atoms with Crippen molar-refractivity contribution < 1.29 is 22.4 Å². The van der Waals surface area contributed by atoms with Gasteiger partial charge in [0.05, 0.1) is 23.1 Å². The predicted octanol–water partition coefficient (Wildman–Crippen LogP) is 4.03. The lowest BCUT2D eigenvalue weighted by Crippen LogP contribution is -2.49. The molecule has 1 aromatic carbocycles. The second-order valence-corrected chi connectivity index (χ2v) is 8.42. The molecule has 1 amide bonds. The topological polar surface area (TPSA) is 75.9 Å². The van der Waals surface area contributed by atoms with Crippen molar-refractivity contribution in [3.63, 3.8) is 0 Å². The molecule has 1 N–H and O–H groups in total. The number of pyridine rings is 1. The van der Waals surface area contributed by atoms with Gasteiger partial charge in [-0.3, -0.25) is 9.59 Å². The van der Waals surface area contributed by atoms with Crippen LogP contribution in [-0.4, -0.2) is 36.0 Å². The van der Waals surface area contributed by atoms with Crippen molar-refractivity contribution in [3.8, 4) is 5.69 Å². The number of hydrogen-bond donors (Lipinski definition) is 1. The Morgan fingerprint density at radius 3 is 2.65 bits per heavy atom. The van der Waals surface area contributed by atoms with E-state index in [1.165, 1.54) is 28.1 Å². The maximum Gasteiger partial charge on any atom is 0.416 e. The molecule has 0 saturated carbocycles. The molecule has 0 aliphatic carbocycles. The molecule has 0 bridgehead atoms. The minimum atomic E-state index is -4.70. The number of aromatic nitrogens is 4. The normalized spacial score (nSPS) is 16.4. The third kappa shape index (κ3) is 3.47. The molecule has 1 aliphatic heterocycles. The van der Waals surface area contributed by atoms with Gasteiger partial charge in [-0.15, -0.1) is 0 Å². The molecule has 1 aliphatic rings. The van der Waals surface area contributed by atoms with Gasteiger partial charge in [-0.25, -0.2) is 9.37 Å². The van der Waals surface area contributed by atoms with Crippen LogP contribution in [0, 0.1) is 12.7 Å². The number of imidazole rings is 1. The molecule has 34 heavy (non-hydrogen) atoms. The first-order valence-electron chi connectivity index (χ1n) is 10.5. The number of aryl methyl sites for hydroxylation is 1. The molecule has 4 heterocycles. The predicted molar refractivity (Wildman–Crippen MR) is 115 cm³/mol. The van der Waals surface area contributed by atoms with E-state index in [-0.39, 0.29) is 35.2 Å². The quantitative estimate of drug-likeness (QED) is 0.457. The average molecular weight is 473 g/mol. The van der Waals surface area contributed by atoms with Gasteiger partial charge in [0.15, 0.2) is 0 Å². The number of H-pyrrole nitrogens is 1. The highest BCUT2D eigenvalue weighted by Gasteiger charge is 2.34. The van der Waals surface area contributed by atoms with Crippen molar-refractivity contribution in [2.24, 2.45) is 0 Å². The zero-order valence-electron chi connectivity index (χ0n) is 18.2. The Labute approximate surface area is 190 Å². The number of rotatable bonds is 3. The van der Waals surface area contributed by atoms with Crippen LogP contribution in [-0.2, 0) is 19.3 Å². The third-order valence-electron chi connectivity index (χ3n) is 6.10. The van der Waals surface area contributed by atoms with Gasteiger partial charge < -0.3 is 19.0 Å². The summed E-state index contributed by atoms with van der Waals surface area (Å²) in [6.45, 7) is 3.70. The number of nitrogens with zero attached hydrogens (tertiary/aromatic N) is 4. The minimum Gasteiger partial charge on any atom is -0.358 e. The number of halogens is 4. The van der Waals surface area contributed by atoms with Crippen LogP contribution in [0.4, 0.5) is 17.6 Å². The maximum atomic E-state index is 14.3. The lowest BCUT2D eigenvalue weighted by molar-refractivity contribution is -0.137. The van der Waals surface area contributed by atoms with Crippen LogP contribution >= 0.6 is 0 Å². The Morgan fingerprint density at radius 1 is 1.21 bits per heavy atom. The molecule has 176 valence electrons. The van der Waals surface area contributed by atoms with E-state index in [1.807, 2.05) is 0 Å². The lowest BCUT2D eigenvalue weighted by atomic mass is 10.1. The number of amides is 1. The van der Waals surface area contributed by atoms with Gasteiger partial charge in [-0.1, -0.05) is 0 Å². The maximum absolute atomic E-state index is 14.3. The molecular weight excluding hydrogens is 454 g/mol. The van der Waals surface area contributed by atoms with E-state index in [9.17, 15) is 27.2 Å². The molecule has 11 heteroatoms. The molecule has 0 saturated heterocycles. The van der Waals surface area contributed by atoms with Gasteiger partial charge in [0.2, 0.25) is 0 Å². The first kappa shape index (κ1) is 21.9. The summed E-state index contributed by atoms with van der Waals surface area (Å²) in [6, 6.07) is 3.97. The summed E-state index contributed by atoms with van der Waals surface area (Å²) in [5.41, 5.74) is 0.102. The third-order valence-corrected chi connectivity index (χ3v) is 6.10. The molecule has 4 aromatic rings. The SMILES string of the molecule is Cc1cn(-c2ccc3n(c2=O)C[C@@H](C)N(Cc2c[nH]c4c(F)cc(C(F)(F)F)cc24)C3=O)cn1. The number of nitrogens with one attached hydrogen (secondary N) is 1. The number of benzene rings is 1. The standard InChI is InChI=1S/C23H19F4N5O2/c1-12-8-30(11-29-12)18-3-4-19-22(34)31(13(2)9-32(19)21(18)33)10-14-7-28-20-16(14)5-15(6-17(20)24)23(25,26)27/h3-8,11,13,28H,9-10H2,1-2H3/t13-/m1/s1. The van der Waals surface area contributed by atoms with Crippen LogP contribution in [0.1, 0.15) is 34.2 Å². The fraction of sp³-hybridized carbons (Fsp3) is 0.261. The summed E-state index contributed by atoms with van der Waals surface area (Å²) in [5.74, 6) is -1.46. The Balaban J connectivity index is 1.51. The highest BCUT2D eigenvalue weighted by atomic mass is 19.4. The molecule has 0 fully saturated rings. The lowest BCUT2D eigenvalue weighted by Gasteiger charge is -2.35. The average Bonchev–Trinajstić information content (AvgIpc) is 3.38. The first-order chi connectivity index (χ1) is 16.0. The molecule has 5 rings (SSSR count). The van der Waals surface area contributed by atoms with Crippen molar-refractivity contribution in [2.75, 3.05) is 0 Å². The molecule has 1 atom stereocenters. The monoisotopic (exact) mass is 473 g/mol. The second-order valence-electron chi connectivity index (χ2n) is 8.42. The highest BCUT2D eigenvalue weighted by Crippen LogP contribution is 2.34. The number of carbonyl (C=O) groups is 1. The van der Waals surface area contributed by atoms with Gasteiger partial charge in [-0.2, -0.15) is 13.2 Å². The minimum absolute atomic E-state index is 0.0442. The molecule has 0 unspecified atom stereocenters. The number of carbonyl (C=O) groups excluding carboxylic acids is 1. The smallest absolute Gasteiger partial charge is 0.358 e. The van der Waals surface area contributed by atoms with Crippen molar-refractivity contribution in [2.45, 2.75) is 39.2 Å². The summed E-state index contributed by atoms with van der Waals surface area (Å²) < 4.78 is 56.9. The summed E-state index contributed by atoms with van der Waals surface area (Å²) in [4.78, 5) is 34.6. The number of aromatic amines is 1. The molecule has 7 nitrogen and oxygen atoms in total. The van der Waals surface area contributed by atoms with Gasteiger partial charge in [-0.05, 0) is 43.7 Å². The fourth-order valence-electron chi connectivity index (χ4n) is 4.34. The van der Waals surface area contributed by atoms with Crippen LogP contribution in [0.15, 0.2) is 47.8 Å². The van der Waals surface area contributed by atoms with Gasteiger partial charge in [0.1, 0.15) is 17.2 Å².